The fourth-order valence-electron chi connectivity index (χ4n) is 2.10. The fraction of sp³-hybridized carbons (Fsp3) is 0.188. The van der Waals surface area contributed by atoms with Gasteiger partial charge in [0.1, 0.15) is 0 Å². The van der Waals surface area contributed by atoms with E-state index in [2.05, 4.69) is 65.1 Å². The molecule has 0 bridgehead atoms. The van der Waals surface area contributed by atoms with Crippen LogP contribution in [0.4, 0.5) is 5.69 Å². The normalized spacial score (nSPS) is 10.8. The Kier molecular flexibility index (Phi) is 4.23. The molecular formula is C16H16N2S2. The molecular weight excluding hydrogens is 284 g/mol. The van der Waals surface area contributed by atoms with Crippen LogP contribution in [0.2, 0.25) is 0 Å². The lowest BCUT2D eigenvalue weighted by atomic mass is 10.1. The standard InChI is InChI=1S/C16H16N2S2/c1-19-16-18-14-8-7-13(11-15(14)20-16)17-10-9-12-5-3-2-4-6-12/h2-8,11,17H,9-10H2,1H3. The van der Waals surface area contributed by atoms with Gasteiger partial charge in [0.05, 0.1) is 10.2 Å². The number of nitrogens with one attached hydrogen (secondary N) is 1. The second kappa shape index (κ2) is 6.29. The van der Waals surface area contributed by atoms with Gasteiger partial charge in [0.2, 0.25) is 0 Å². The summed E-state index contributed by atoms with van der Waals surface area (Å²) in [6.45, 7) is 0.948. The summed E-state index contributed by atoms with van der Waals surface area (Å²) in [6.07, 6.45) is 3.11. The van der Waals surface area contributed by atoms with Crippen molar-refractivity contribution < 1.29 is 0 Å². The minimum atomic E-state index is 0.948. The quantitative estimate of drug-likeness (QED) is 0.693. The van der Waals surface area contributed by atoms with Crippen LogP contribution in [-0.2, 0) is 6.42 Å². The van der Waals surface area contributed by atoms with Crippen LogP contribution in [0.15, 0.2) is 52.9 Å². The summed E-state index contributed by atoms with van der Waals surface area (Å²) in [4.78, 5) is 4.55. The Bertz CT molecular complexity index is 692. The summed E-state index contributed by atoms with van der Waals surface area (Å²) in [5.41, 5.74) is 3.63. The molecule has 20 heavy (non-hydrogen) atoms. The monoisotopic (exact) mass is 300 g/mol. The molecule has 3 aromatic rings. The van der Waals surface area contributed by atoms with Crippen LogP contribution in [0, 0.1) is 0 Å². The third-order valence-electron chi connectivity index (χ3n) is 3.13. The van der Waals surface area contributed by atoms with Gasteiger partial charge in [-0.05, 0) is 36.4 Å². The van der Waals surface area contributed by atoms with Crippen molar-refractivity contribution in [3.05, 3.63) is 54.1 Å². The lowest BCUT2D eigenvalue weighted by molar-refractivity contribution is 1.02. The molecule has 102 valence electrons. The number of thioether (sulfide) groups is 1. The molecule has 0 aliphatic carbocycles. The van der Waals surface area contributed by atoms with Gasteiger partial charge in [-0.1, -0.05) is 42.1 Å². The van der Waals surface area contributed by atoms with Crippen molar-refractivity contribution in [3.8, 4) is 0 Å². The Morgan fingerprint density at radius 3 is 2.80 bits per heavy atom. The van der Waals surface area contributed by atoms with E-state index in [0.717, 1.165) is 22.8 Å². The number of hydrogen-bond acceptors (Lipinski definition) is 4. The Balaban J connectivity index is 1.65. The molecule has 0 unspecified atom stereocenters. The Labute approximate surface area is 127 Å². The van der Waals surface area contributed by atoms with E-state index in [4.69, 9.17) is 0 Å². The summed E-state index contributed by atoms with van der Waals surface area (Å²) in [5.74, 6) is 0. The maximum atomic E-state index is 4.55. The van der Waals surface area contributed by atoms with Crippen LogP contribution >= 0.6 is 23.1 Å². The largest absolute Gasteiger partial charge is 0.385 e. The molecule has 0 saturated carbocycles. The molecule has 2 aromatic carbocycles. The van der Waals surface area contributed by atoms with E-state index in [9.17, 15) is 0 Å². The van der Waals surface area contributed by atoms with Crippen LogP contribution in [0.25, 0.3) is 10.2 Å². The SMILES string of the molecule is CSc1nc2ccc(NCCc3ccccc3)cc2s1. The van der Waals surface area contributed by atoms with Gasteiger partial charge in [0, 0.05) is 12.2 Å². The molecule has 0 amide bonds. The number of benzene rings is 2. The van der Waals surface area contributed by atoms with Crippen molar-refractivity contribution in [2.45, 2.75) is 10.8 Å². The third-order valence-corrected chi connectivity index (χ3v) is 5.13. The summed E-state index contributed by atoms with van der Waals surface area (Å²) >= 11 is 3.46. The maximum Gasteiger partial charge on any atom is 0.150 e. The number of rotatable bonds is 5. The van der Waals surface area contributed by atoms with Gasteiger partial charge >= 0.3 is 0 Å². The minimum Gasteiger partial charge on any atom is -0.385 e. The lowest BCUT2D eigenvalue weighted by Gasteiger charge is -2.06. The predicted octanol–water partition coefficient (Wildman–Crippen LogP) is 4.67. The van der Waals surface area contributed by atoms with Gasteiger partial charge in [-0.25, -0.2) is 4.98 Å². The van der Waals surface area contributed by atoms with Gasteiger partial charge < -0.3 is 5.32 Å². The Hall–Kier alpha value is -1.52. The first kappa shape index (κ1) is 13.5. The molecule has 0 atom stereocenters. The van der Waals surface area contributed by atoms with E-state index in [1.54, 1.807) is 23.1 Å². The lowest BCUT2D eigenvalue weighted by Crippen LogP contribution is -2.04. The first-order valence-corrected chi connectivity index (χ1v) is 8.61. The average molecular weight is 300 g/mol. The fourth-order valence-corrected chi connectivity index (χ4v) is 3.63. The molecule has 2 nitrogen and oxygen atoms in total. The van der Waals surface area contributed by atoms with Crippen LogP contribution < -0.4 is 5.32 Å². The Morgan fingerprint density at radius 1 is 1.15 bits per heavy atom. The number of nitrogens with zero attached hydrogens (tertiary/aromatic N) is 1. The molecule has 0 radical (unpaired) electrons. The molecule has 0 saturated heterocycles. The van der Waals surface area contributed by atoms with Gasteiger partial charge in [-0.3, -0.25) is 0 Å². The van der Waals surface area contributed by atoms with Crippen molar-refractivity contribution in [1.29, 1.82) is 0 Å². The number of anilines is 1. The van der Waals surface area contributed by atoms with Crippen molar-refractivity contribution in [2.24, 2.45) is 0 Å². The maximum absolute atomic E-state index is 4.55. The summed E-state index contributed by atoms with van der Waals surface area (Å²) in [6, 6.07) is 17.0. The van der Waals surface area contributed by atoms with E-state index in [0.29, 0.717) is 0 Å². The first-order valence-electron chi connectivity index (χ1n) is 6.57. The topological polar surface area (TPSA) is 24.9 Å². The molecule has 3 rings (SSSR count). The first-order chi connectivity index (χ1) is 9.85. The predicted molar refractivity (Wildman–Crippen MR) is 90.0 cm³/mol. The van der Waals surface area contributed by atoms with Gasteiger partial charge in [0.15, 0.2) is 4.34 Å². The molecule has 0 spiro atoms. The molecule has 0 aliphatic rings. The minimum absolute atomic E-state index is 0.948. The van der Waals surface area contributed by atoms with Gasteiger partial charge in [0.25, 0.3) is 0 Å². The van der Waals surface area contributed by atoms with Crippen molar-refractivity contribution in [2.75, 3.05) is 18.1 Å². The van der Waals surface area contributed by atoms with Crippen molar-refractivity contribution in [1.82, 2.24) is 4.98 Å². The highest BCUT2D eigenvalue weighted by atomic mass is 32.2. The van der Waals surface area contributed by atoms with Crippen molar-refractivity contribution >= 4 is 39.0 Å². The van der Waals surface area contributed by atoms with Crippen LogP contribution in [0.5, 0.6) is 0 Å². The second-order valence-electron chi connectivity index (χ2n) is 4.53. The third kappa shape index (κ3) is 3.14. The zero-order chi connectivity index (χ0) is 13.8. The molecule has 0 fully saturated rings. The van der Waals surface area contributed by atoms with E-state index < -0.39 is 0 Å². The molecule has 4 heteroatoms. The Morgan fingerprint density at radius 2 is 2.00 bits per heavy atom. The summed E-state index contributed by atoms with van der Waals surface area (Å²) < 4.78 is 2.38. The van der Waals surface area contributed by atoms with E-state index in [-0.39, 0.29) is 0 Å². The zero-order valence-corrected chi connectivity index (χ0v) is 12.9. The van der Waals surface area contributed by atoms with E-state index >= 15 is 0 Å². The highest BCUT2D eigenvalue weighted by Crippen LogP contribution is 2.29. The molecule has 1 aromatic heterocycles. The molecule has 0 aliphatic heterocycles. The average Bonchev–Trinajstić information content (AvgIpc) is 2.91. The number of thiazole rings is 1. The van der Waals surface area contributed by atoms with Gasteiger partial charge in [-0.2, -0.15) is 0 Å². The van der Waals surface area contributed by atoms with Crippen molar-refractivity contribution in [3.63, 3.8) is 0 Å². The van der Waals surface area contributed by atoms with E-state index in [1.807, 2.05) is 0 Å². The van der Waals surface area contributed by atoms with Crippen LogP contribution in [-0.4, -0.2) is 17.8 Å². The van der Waals surface area contributed by atoms with E-state index in [1.165, 1.54) is 16.0 Å². The zero-order valence-electron chi connectivity index (χ0n) is 11.3. The highest BCUT2D eigenvalue weighted by molar-refractivity contribution is 8.00. The summed E-state index contributed by atoms with van der Waals surface area (Å²) in [7, 11) is 0. The second-order valence-corrected chi connectivity index (χ2v) is 6.61. The van der Waals surface area contributed by atoms with Gasteiger partial charge in [-0.15, -0.1) is 11.3 Å². The molecule has 1 heterocycles. The number of fused-ring (bicyclic) bond motifs is 1. The van der Waals surface area contributed by atoms with Crippen LogP contribution in [0.1, 0.15) is 5.56 Å². The smallest absolute Gasteiger partial charge is 0.150 e. The molecule has 1 N–H and O–H groups in total. The van der Waals surface area contributed by atoms with Crippen LogP contribution in [0.3, 0.4) is 0 Å². The summed E-state index contributed by atoms with van der Waals surface area (Å²) in [5, 5.41) is 3.48. The highest BCUT2D eigenvalue weighted by Gasteiger charge is 2.03. The number of hydrogen-bond donors (Lipinski definition) is 1. The number of aromatic nitrogens is 1.